The highest BCUT2D eigenvalue weighted by Gasteiger charge is 2.56. The van der Waals surface area contributed by atoms with E-state index in [1.165, 1.54) is 20.8 Å². The van der Waals surface area contributed by atoms with Crippen LogP contribution in [0.3, 0.4) is 0 Å². The molecule has 0 spiro atoms. The summed E-state index contributed by atoms with van der Waals surface area (Å²) in [6, 6.07) is 9.04. The Kier molecular flexibility index (Phi) is 6.41. The summed E-state index contributed by atoms with van der Waals surface area (Å²) in [7, 11) is 0. The number of hydrogen-bond acceptors (Lipinski definition) is 8. The predicted molar refractivity (Wildman–Crippen MR) is 133 cm³/mol. The molecule has 1 aliphatic carbocycles. The van der Waals surface area contributed by atoms with Crippen LogP contribution in [0.25, 0.3) is 0 Å². The molecule has 4 rings (SSSR count). The number of phenolic OH excluding ortho intramolecular Hbond substituents is 2. The van der Waals surface area contributed by atoms with E-state index in [1.807, 2.05) is 18.2 Å². The summed E-state index contributed by atoms with van der Waals surface area (Å²) in [5.41, 5.74) is -0.904. The van der Waals surface area contributed by atoms with E-state index in [0.717, 1.165) is 11.6 Å². The number of carboxylic acid groups (broad SMARTS) is 1. The van der Waals surface area contributed by atoms with Gasteiger partial charge in [-0.05, 0) is 33.3 Å². The smallest absolute Gasteiger partial charge is 0.304 e. The van der Waals surface area contributed by atoms with Crippen molar-refractivity contribution in [3.8, 4) is 17.2 Å². The highest BCUT2D eigenvalue weighted by Crippen LogP contribution is 2.57. The molecule has 0 bridgehead atoms. The molecule has 1 aliphatic heterocycles. The van der Waals surface area contributed by atoms with Crippen LogP contribution in [0.1, 0.15) is 60.2 Å². The number of carbonyl (C=O) groups is 4. The van der Waals surface area contributed by atoms with Crippen LogP contribution >= 0.6 is 0 Å². The van der Waals surface area contributed by atoms with Crippen molar-refractivity contribution in [3.63, 3.8) is 0 Å². The maximum absolute atomic E-state index is 13.9. The Balaban J connectivity index is 1.76. The summed E-state index contributed by atoms with van der Waals surface area (Å²) in [6.07, 6.45) is 0.985. The Morgan fingerprint density at radius 2 is 1.73 bits per heavy atom. The lowest BCUT2D eigenvalue weighted by atomic mass is 9.70. The molecule has 2 aliphatic rings. The topological polar surface area (TPSA) is 150 Å². The van der Waals surface area contributed by atoms with Crippen LogP contribution in [0.2, 0.25) is 0 Å². The van der Waals surface area contributed by atoms with Crippen molar-refractivity contribution in [2.24, 2.45) is 0 Å². The molecule has 37 heavy (non-hydrogen) atoms. The molecule has 0 fully saturated rings. The number of Topliss-reactive ketones (excluding diaryl/α,β-unsaturated/α-hetero) is 2. The van der Waals surface area contributed by atoms with Crippen molar-refractivity contribution in [2.45, 2.75) is 45.4 Å². The van der Waals surface area contributed by atoms with Gasteiger partial charge < -0.3 is 25.4 Å². The number of benzene rings is 2. The molecule has 0 saturated carbocycles. The Bertz CT molecular complexity index is 1420. The number of rotatable bonds is 7. The average Bonchev–Trinajstić information content (AvgIpc) is 3.13. The normalized spacial score (nSPS) is 20.4. The SMILES string of the molecule is CC(=O)c1c(O)c(C)c(O)c2c1OC1=CC(=O)/C(=C(/C)NCC(CC(=O)O)c3ccccc3)C(=O)[C@@]12C. The van der Waals surface area contributed by atoms with Gasteiger partial charge in [0.15, 0.2) is 17.3 Å². The Labute approximate surface area is 213 Å². The number of carboxylic acids is 1. The van der Waals surface area contributed by atoms with Gasteiger partial charge in [-0.2, -0.15) is 0 Å². The molecule has 192 valence electrons. The number of aliphatic carboxylic acids is 1. The lowest BCUT2D eigenvalue weighted by molar-refractivity contribution is -0.137. The Hall–Kier alpha value is -4.40. The van der Waals surface area contributed by atoms with Crippen molar-refractivity contribution < 1.29 is 39.2 Å². The van der Waals surface area contributed by atoms with E-state index in [0.29, 0.717) is 0 Å². The molecular formula is C28H27NO8. The summed E-state index contributed by atoms with van der Waals surface area (Å²) in [4.78, 5) is 50.7. The number of aromatic hydroxyl groups is 2. The highest BCUT2D eigenvalue weighted by atomic mass is 16.5. The summed E-state index contributed by atoms with van der Waals surface area (Å²) in [6.45, 7) is 5.83. The number of nitrogens with one attached hydrogen (secondary N) is 1. The quantitative estimate of drug-likeness (QED) is 0.252. The van der Waals surface area contributed by atoms with Crippen LogP contribution in [-0.4, -0.2) is 45.2 Å². The van der Waals surface area contributed by atoms with Crippen LogP contribution < -0.4 is 10.1 Å². The van der Waals surface area contributed by atoms with Gasteiger partial charge in [0.25, 0.3) is 0 Å². The monoisotopic (exact) mass is 505 g/mol. The fourth-order valence-corrected chi connectivity index (χ4v) is 4.97. The van der Waals surface area contributed by atoms with Crippen LogP contribution in [0.15, 0.2) is 53.4 Å². The van der Waals surface area contributed by atoms with Gasteiger partial charge in [0, 0.05) is 29.8 Å². The first kappa shape index (κ1) is 25.7. The van der Waals surface area contributed by atoms with Gasteiger partial charge in [-0.3, -0.25) is 19.2 Å². The standard InChI is InChI=1S/C28H27NO8/c1-13-24(34)22(15(3)30)26-23(25(13)35)28(4)19(37-26)11-18(31)21(27(28)36)14(2)29-12-17(10-20(32)33)16-8-6-5-7-9-16/h5-9,11,17,29,34-35H,10,12H2,1-4H3,(H,32,33)/b21-14+/t17?,28-/m0/s1. The molecule has 0 aromatic heterocycles. The zero-order valence-corrected chi connectivity index (χ0v) is 20.8. The average molecular weight is 506 g/mol. The highest BCUT2D eigenvalue weighted by molar-refractivity contribution is 6.31. The number of fused-ring (bicyclic) bond motifs is 3. The molecule has 2 aromatic carbocycles. The number of ether oxygens (including phenoxy) is 1. The summed E-state index contributed by atoms with van der Waals surface area (Å²) >= 11 is 0. The first-order valence-corrected chi connectivity index (χ1v) is 11.7. The summed E-state index contributed by atoms with van der Waals surface area (Å²) in [5, 5.41) is 33.8. The lowest BCUT2D eigenvalue weighted by Crippen LogP contribution is -2.41. The van der Waals surface area contributed by atoms with Gasteiger partial charge >= 0.3 is 5.97 Å². The van der Waals surface area contributed by atoms with E-state index < -0.39 is 46.2 Å². The van der Waals surface area contributed by atoms with E-state index >= 15 is 0 Å². The number of ketones is 3. The van der Waals surface area contributed by atoms with Gasteiger partial charge in [-0.15, -0.1) is 0 Å². The van der Waals surface area contributed by atoms with Crippen molar-refractivity contribution in [1.29, 1.82) is 0 Å². The fraction of sp³-hybridized carbons (Fsp3) is 0.286. The molecule has 1 heterocycles. The van der Waals surface area contributed by atoms with Gasteiger partial charge in [0.05, 0.1) is 17.6 Å². The van der Waals surface area contributed by atoms with Gasteiger partial charge in [0.1, 0.15) is 34.0 Å². The minimum Gasteiger partial charge on any atom is -0.507 e. The van der Waals surface area contributed by atoms with Crippen molar-refractivity contribution in [1.82, 2.24) is 5.32 Å². The van der Waals surface area contributed by atoms with E-state index in [2.05, 4.69) is 5.32 Å². The third kappa shape index (κ3) is 4.06. The van der Waals surface area contributed by atoms with E-state index in [-0.39, 0.29) is 52.4 Å². The van der Waals surface area contributed by atoms with Gasteiger partial charge in [-0.1, -0.05) is 30.3 Å². The number of phenols is 2. The molecule has 2 aromatic rings. The lowest BCUT2D eigenvalue weighted by Gasteiger charge is -2.29. The second-order valence-electron chi connectivity index (χ2n) is 9.47. The zero-order valence-electron chi connectivity index (χ0n) is 20.8. The van der Waals surface area contributed by atoms with Crippen LogP contribution in [0.4, 0.5) is 0 Å². The molecule has 9 nitrogen and oxygen atoms in total. The first-order valence-electron chi connectivity index (χ1n) is 11.7. The minimum absolute atomic E-state index is 0.00934. The van der Waals surface area contributed by atoms with Crippen molar-refractivity contribution >= 4 is 23.3 Å². The predicted octanol–water partition coefficient (Wildman–Crippen LogP) is 3.42. The van der Waals surface area contributed by atoms with Crippen molar-refractivity contribution in [3.05, 3.63) is 75.7 Å². The number of allylic oxidation sites excluding steroid dienone is 4. The molecule has 1 unspecified atom stereocenters. The number of carbonyl (C=O) groups excluding carboxylic acids is 3. The molecule has 0 radical (unpaired) electrons. The third-order valence-electron chi connectivity index (χ3n) is 7.07. The summed E-state index contributed by atoms with van der Waals surface area (Å²) in [5.74, 6) is -4.28. The Morgan fingerprint density at radius 1 is 1.08 bits per heavy atom. The maximum atomic E-state index is 13.9. The summed E-state index contributed by atoms with van der Waals surface area (Å²) < 4.78 is 5.76. The molecule has 0 amide bonds. The molecule has 2 atom stereocenters. The largest absolute Gasteiger partial charge is 0.507 e. The minimum atomic E-state index is -1.62. The fourth-order valence-electron chi connectivity index (χ4n) is 4.97. The molecule has 0 saturated heterocycles. The number of hydrogen-bond donors (Lipinski definition) is 4. The van der Waals surface area contributed by atoms with E-state index in [4.69, 9.17) is 4.74 Å². The maximum Gasteiger partial charge on any atom is 0.304 e. The van der Waals surface area contributed by atoms with Gasteiger partial charge in [0.2, 0.25) is 0 Å². The van der Waals surface area contributed by atoms with Crippen LogP contribution in [-0.2, 0) is 19.8 Å². The molecule has 9 heteroatoms. The van der Waals surface area contributed by atoms with Crippen LogP contribution in [0.5, 0.6) is 17.2 Å². The molecular weight excluding hydrogens is 478 g/mol. The van der Waals surface area contributed by atoms with Crippen molar-refractivity contribution in [2.75, 3.05) is 6.54 Å². The Morgan fingerprint density at radius 3 is 2.32 bits per heavy atom. The first-order chi connectivity index (χ1) is 17.4. The van der Waals surface area contributed by atoms with E-state index in [9.17, 15) is 34.5 Å². The second kappa shape index (κ2) is 9.24. The van der Waals surface area contributed by atoms with E-state index in [1.54, 1.807) is 19.1 Å². The zero-order chi connectivity index (χ0) is 27.2. The molecule has 4 N–H and O–H groups in total. The second-order valence-corrected chi connectivity index (χ2v) is 9.47. The van der Waals surface area contributed by atoms with Crippen LogP contribution in [0, 0.1) is 6.92 Å². The van der Waals surface area contributed by atoms with Gasteiger partial charge in [-0.25, -0.2) is 0 Å². The third-order valence-corrected chi connectivity index (χ3v) is 7.07.